The molecule has 5 nitrogen and oxygen atoms in total. The molecule has 0 amide bonds. The Hall–Kier alpha value is -1.27. The van der Waals surface area contributed by atoms with Gasteiger partial charge in [-0.25, -0.2) is 8.42 Å². The molecular weight excluding hydrogens is 276 g/mol. The minimum atomic E-state index is -3.36. The van der Waals surface area contributed by atoms with Crippen molar-refractivity contribution in [2.75, 3.05) is 23.1 Å². The quantitative estimate of drug-likeness (QED) is 0.720. The van der Waals surface area contributed by atoms with E-state index >= 15 is 0 Å². The minimum Gasteiger partial charge on any atom is -0.508 e. The molecule has 0 aromatic heterocycles. The van der Waals surface area contributed by atoms with E-state index in [1.165, 1.54) is 16.4 Å². The molecule has 1 aromatic carbocycles. The molecule has 2 N–H and O–H groups in total. The van der Waals surface area contributed by atoms with E-state index in [2.05, 4.69) is 5.32 Å². The van der Waals surface area contributed by atoms with Gasteiger partial charge in [0.05, 0.1) is 11.4 Å². The number of phenolic OH excluding ortho intramolecular Hbond substituents is 1. The average Bonchev–Trinajstić information content (AvgIpc) is 2.35. The van der Waals surface area contributed by atoms with Crippen LogP contribution in [0.25, 0.3) is 0 Å². The molecule has 0 bridgehead atoms. The van der Waals surface area contributed by atoms with Crippen molar-refractivity contribution >= 4 is 15.7 Å². The third kappa shape index (κ3) is 5.02. The Balaban J connectivity index is 2.72. The number of hydrogen-bond acceptors (Lipinski definition) is 4. The molecule has 0 saturated heterocycles. The van der Waals surface area contributed by atoms with Crippen molar-refractivity contribution in [3.8, 4) is 5.75 Å². The maximum Gasteiger partial charge on any atom is 0.235 e. The number of aromatic hydroxyl groups is 1. The largest absolute Gasteiger partial charge is 0.508 e. The SMILES string of the molecule is CCN(c1cccc(O)c1)S(=O)(=O)CCCNC(C)C. The zero-order valence-corrected chi connectivity index (χ0v) is 13.2. The van der Waals surface area contributed by atoms with E-state index in [9.17, 15) is 13.5 Å². The lowest BCUT2D eigenvalue weighted by Gasteiger charge is -2.23. The van der Waals surface area contributed by atoms with E-state index < -0.39 is 10.0 Å². The second-order valence-electron chi connectivity index (χ2n) is 4.96. The Morgan fingerprint density at radius 1 is 1.35 bits per heavy atom. The Morgan fingerprint density at radius 3 is 2.60 bits per heavy atom. The lowest BCUT2D eigenvalue weighted by molar-refractivity contribution is 0.475. The molecule has 6 heteroatoms. The van der Waals surface area contributed by atoms with Gasteiger partial charge in [-0.05, 0) is 32.0 Å². The molecule has 1 rings (SSSR count). The number of anilines is 1. The van der Waals surface area contributed by atoms with Crippen molar-refractivity contribution in [1.29, 1.82) is 0 Å². The highest BCUT2D eigenvalue weighted by Gasteiger charge is 2.20. The van der Waals surface area contributed by atoms with Crippen molar-refractivity contribution in [2.24, 2.45) is 0 Å². The number of benzene rings is 1. The highest BCUT2D eigenvalue weighted by atomic mass is 32.2. The number of phenols is 1. The van der Waals surface area contributed by atoms with Crippen molar-refractivity contribution < 1.29 is 13.5 Å². The second-order valence-corrected chi connectivity index (χ2v) is 6.98. The van der Waals surface area contributed by atoms with Gasteiger partial charge in [-0.2, -0.15) is 0 Å². The molecular formula is C14H24N2O3S. The number of hydrogen-bond donors (Lipinski definition) is 2. The molecule has 0 unspecified atom stereocenters. The zero-order chi connectivity index (χ0) is 15.2. The van der Waals surface area contributed by atoms with E-state index in [4.69, 9.17) is 0 Å². The lowest BCUT2D eigenvalue weighted by Crippen LogP contribution is -2.34. The van der Waals surface area contributed by atoms with Crippen LogP contribution in [0.4, 0.5) is 5.69 Å². The molecule has 0 saturated carbocycles. The highest BCUT2D eigenvalue weighted by molar-refractivity contribution is 7.92. The summed E-state index contributed by atoms with van der Waals surface area (Å²) in [6, 6.07) is 6.67. The summed E-state index contributed by atoms with van der Waals surface area (Å²) >= 11 is 0. The Bertz CT molecular complexity index is 515. The maximum atomic E-state index is 12.3. The van der Waals surface area contributed by atoms with Crippen LogP contribution in [0.15, 0.2) is 24.3 Å². The summed E-state index contributed by atoms with van der Waals surface area (Å²) in [6.07, 6.45) is 0.565. The summed E-state index contributed by atoms with van der Waals surface area (Å²) in [7, 11) is -3.36. The number of rotatable bonds is 8. The molecule has 0 radical (unpaired) electrons. The van der Waals surface area contributed by atoms with Crippen LogP contribution in [0.3, 0.4) is 0 Å². The van der Waals surface area contributed by atoms with Gasteiger partial charge in [0.1, 0.15) is 5.75 Å². The second kappa shape index (κ2) is 7.50. The van der Waals surface area contributed by atoms with Gasteiger partial charge >= 0.3 is 0 Å². The number of nitrogens with zero attached hydrogens (tertiary/aromatic N) is 1. The summed E-state index contributed by atoms with van der Waals surface area (Å²) in [5.41, 5.74) is 0.504. The summed E-state index contributed by atoms with van der Waals surface area (Å²) in [5, 5.41) is 12.7. The topological polar surface area (TPSA) is 69.6 Å². The van der Waals surface area contributed by atoms with Gasteiger partial charge < -0.3 is 10.4 Å². The van der Waals surface area contributed by atoms with Gasteiger partial charge in [0.15, 0.2) is 0 Å². The normalized spacial score (nSPS) is 11.8. The molecule has 0 heterocycles. The number of nitrogens with one attached hydrogen (secondary N) is 1. The smallest absolute Gasteiger partial charge is 0.235 e. The van der Waals surface area contributed by atoms with E-state index in [1.54, 1.807) is 19.1 Å². The Labute approximate surface area is 121 Å². The summed E-state index contributed by atoms with van der Waals surface area (Å²) < 4.78 is 26.0. The summed E-state index contributed by atoms with van der Waals surface area (Å²) in [4.78, 5) is 0. The van der Waals surface area contributed by atoms with Crippen LogP contribution in [0.2, 0.25) is 0 Å². The molecule has 20 heavy (non-hydrogen) atoms. The first kappa shape index (κ1) is 16.8. The third-order valence-electron chi connectivity index (χ3n) is 2.87. The fraction of sp³-hybridized carbons (Fsp3) is 0.571. The van der Waals surface area contributed by atoms with Crippen molar-refractivity contribution in [1.82, 2.24) is 5.32 Å². The first-order chi connectivity index (χ1) is 9.36. The van der Waals surface area contributed by atoms with Gasteiger partial charge in [0.2, 0.25) is 10.0 Å². The fourth-order valence-corrected chi connectivity index (χ4v) is 3.50. The van der Waals surface area contributed by atoms with Gasteiger partial charge in [0.25, 0.3) is 0 Å². The van der Waals surface area contributed by atoms with Crippen molar-refractivity contribution in [3.63, 3.8) is 0 Å². The zero-order valence-electron chi connectivity index (χ0n) is 12.3. The first-order valence-electron chi connectivity index (χ1n) is 6.89. The van der Waals surface area contributed by atoms with Crippen molar-refractivity contribution in [2.45, 2.75) is 33.2 Å². The average molecular weight is 300 g/mol. The van der Waals surface area contributed by atoms with Crippen LogP contribution in [0.1, 0.15) is 27.2 Å². The first-order valence-corrected chi connectivity index (χ1v) is 8.50. The molecule has 0 spiro atoms. The predicted molar refractivity (Wildman–Crippen MR) is 82.7 cm³/mol. The molecule has 1 aromatic rings. The van der Waals surface area contributed by atoms with E-state index in [-0.39, 0.29) is 11.5 Å². The van der Waals surface area contributed by atoms with E-state index in [0.717, 1.165) is 0 Å². The minimum absolute atomic E-state index is 0.0672. The fourth-order valence-electron chi connectivity index (χ4n) is 1.94. The Kier molecular flexibility index (Phi) is 6.29. The third-order valence-corrected chi connectivity index (χ3v) is 4.82. The van der Waals surface area contributed by atoms with Crippen LogP contribution in [0, 0.1) is 0 Å². The monoisotopic (exact) mass is 300 g/mol. The molecule has 0 aliphatic carbocycles. The molecule has 0 aliphatic heterocycles. The number of sulfonamides is 1. The molecule has 0 fully saturated rings. The van der Waals surface area contributed by atoms with Crippen LogP contribution >= 0.6 is 0 Å². The lowest BCUT2D eigenvalue weighted by atomic mass is 10.3. The van der Waals surface area contributed by atoms with Crippen LogP contribution in [-0.2, 0) is 10.0 Å². The van der Waals surface area contributed by atoms with Gasteiger partial charge in [-0.3, -0.25) is 4.31 Å². The highest BCUT2D eigenvalue weighted by Crippen LogP contribution is 2.22. The van der Waals surface area contributed by atoms with Crippen LogP contribution in [-0.4, -0.2) is 38.4 Å². The predicted octanol–water partition coefficient (Wildman–Crippen LogP) is 1.94. The molecule has 114 valence electrons. The molecule has 0 aliphatic rings. The standard InChI is InChI=1S/C14H24N2O3S/c1-4-16(13-7-5-8-14(17)11-13)20(18,19)10-6-9-15-12(2)3/h5,7-8,11-12,15,17H,4,6,9-10H2,1-3H3. The van der Waals surface area contributed by atoms with Crippen LogP contribution in [0.5, 0.6) is 5.75 Å². The van der Waals surface area contributed by atoms with E-state index in [0.29, 0.717) is 31.2 Å². The van der Waals surface area contributed by atoms with Gasteiger partial charge in [0, 0.05) is 18.7 Å². The van der Waals surface area contributed by atoms with Gasteiger partial charge in [-0.15, -0.1) is 0 Å². The summed E-state index contributed by atoms with van der Waals surface area (Å²) in [5.74, 6) is 0.161. The Morgan fingerprint density at radius 2 is 2.05 bits per heavy atom. The van der Waals surface area contributed by atoms with Crippen LogP contribution < -0.4 is 9.62 Å². The molecule has 0 atom stereocenters. The summed E-state index contributed by atoms with van der Waals surface area (Å²) in [6.45, 7) is 6.87. The van der Waals surface area contributed by atoms with E-state index in [1.807, 2.05) is 13.8 Å². The van der Waals surface area contributed by atoms with Crippen molar-refractivity contribution in [3.05, 3.63) is 24.3 Å². The van der Waals surface area contributed by atoms with Gasteiger partial charge in [-0.1, -0.05) is 19.9 Å². The maximum absolute atomic E-state index is 12.3.